The van der Waals surface area contributed by atoms with Crippen molar-refractivity contribution in [2.24, 2.45) is 0 Å². The van der Waals surface area contributed by atoms with Gasteiger partial charge < -0.3 is 5.11 Å². The number of alkyl halides is 3. The fraction of sp³-hybridized carbons (Fsp3) is 0.133. The highest BCUT2D eigenvalue weighted by Gasteiger charge is 2.33. The van der Waals surface area contributed by atoms with Crippen LogP contribution in [-0.4, -0.2) is 14.5 Å². The largest absolute Gasteiger partial charge is 0.506 e. The van der Waals surface area contributed by atoms with Gasteiger partial charge in [0.1, 0.15) is 11.6 Å². The van der Waals surface area contributed by atoms with Crippen molar-refractivity contribution < 1.29 is 18.3 Å². The number of fused-ring (bicyclic) bond motifs is 1. The van der Waals surface area contributed by atoms with Crippen LogP contribution in [0.3, 0.4) is 0 Å². The number of benzene rings is 1. The summed E-state index contributed by atoms with van der Waals surface area (Å²) in [5, 5.41) is 9.49. The van der Waals surface area contributed by atoms with E-state index in [-0.39, 0.29) is 17.7 Å². The molecule has 0 unspecified atom stereocenters. The van der Waals surface area contributed by atoms with Crippen LogP contribution in [0.15, 0.2) is 48.8 Å². The number of hydrogen-bond donors (Lipinski definition) is 1. The van der Waals surface area contributed by atoms with E-state index in [0.29, 0.717) is 11.3 Å². The van der Waals surface area contributed by atoms with Crippen LogP contribution in [0.25, 0.3) is 5.52 Å². The summed E-state index contributed by atoms with van der Waals surface area (Å²) in [5.41, 5.74) is 0.204. The molecule has 108 valence electrons. The van der Waals surface area contributed by atoms with Crippen LogP contribution in [0.4, 0.5) is 13.2 Å². The van der Waals surface area contributed by atoms with Crippen LogP contribution in [0, 0.1) is 0 Å². The molecule has 2 heterocycles. The third-order valence-corrected chi connectivity index (χ3v) is 3.26. The summed E-state index contributed by atoms with van der Waals surface area (Å²) < 4.78 is 40.5. The van der Waals surface area contributed by atoms with Crippen molar-refractivity contribution in [1.82, 2.24) is 9.38 Å². The number of halogens is 3. The van der Waals surface area contributed by atoms with Gasteiger partial charge in [0.2, 0.25) is 0 Å². The van der Waals surface area contributed by atoms with Gasteiger partial charge in [-0.1, -0.05) is 18.2 Å². The molecule has 3 aromatic rings. The molecule has 0 amide bonds. The quantitative estimate of drug-likeness (QED) is 0.783. The minimum absolute atomic E-state index is 0.0332. The summed E-state index contributed by atoms with van der Waals surface area (Å²) >= 11 is 0. The van der Waals surface area contributed by atoms with Crippen molar-refractivity contribution in [2.75, 3.05) is 0 Å². The van der Waals surface area contributed by atoms with E-state index in [2.05, 4.69) is 4.98 Å². The summed E-state index contributed by atoms with van der Waals surface area (Å²) in [7, 11) is 0. The van der Waals surface area contributed by atoms with E-state index in [1.165, 1.54) is 24.4 Å². The number of aromatic hydroxyl groups is 1. The maximum absolute atomic E-state index is 13.0. The molecule has 0 saturated carbocycles. The zero-order chi connectivity index (χ0) is 15.0. The molecule has 0 fully saturated rings. The van der Waals surface area contributed by atoms with Crippen molar-refractivity contribution in [3.63, 3.8) is 0 Å². The van der Waals surface area contributed by atoms with E-state index in [0.717, 1.165) is 6.07 Å². The van der Waals surface area contributed by atoms with E-state index in [4.69, 9.17) is 0 Å². The van der Waals surface area contributed by atoms with Gasteiger partial charge in [0.05, 0.1) is 23.5 Å². The lowest BCUT2D eigenvalue weighted by atomic mass is 10.0. The first-order chi connectivity index (χ1) is 9.95. The molecule has 1 aromatic carbocycles. The minimum Gasteiger partial charge on any atom is -0.506 e. The zero-order valence-corrected chi connectivity index (χ0v) is 10.8. The lowest BCUT2D eigenvalue weighted by Gasteiger charge is -2.12. The van der Waals surface area contributed by atoms with Crippen molar-refractivity contribution in [3.8, 4) is 5.75 Å². The Kier molecular flexibility index (Phi) is 3.08. The van der Waals surface area contributed by atoms with E-state index in [9.17, 15) is 18.3 Å². The molecular weight excluding hydrogens is 281 g/mol. The highest BCUT2D eigenvalue weighted by Crippen LogP contribution is 2.32. The van der Waals surface area contributed by atoms with E-state index in [1.54, 1.807) is 22.7 Å². The molecule has 21 heavy (non-hydrogen) atoms. The summed E-state index contributed by atoms with van der Waals surface area (Å²) in [6, 6.07) is 8.58. The summed E-state index contributed by atoms with van der Waals surface area (Å²) in [6.45, 7) is 0. The van der Waals surface area contributed by atoms with Crippen molar-refractivity contribution in [1.29, 1.82) is 0 Å². The van der Waals surface area contributed by atoms with Gasteiger partial charge in [0.25, 0.3) is 0 Å². The molecule has 0 radical (unpaired) electrons. The predicted octanol–water partition coefficient (Wildman–Crippen LogP) is 3.65. The molecule has 6 heteroatoms. The van der Waals surface area contributed by atoms with Crippen molar-refractivity contribution >= 4 is 5.52 Å². The Hall–Kier alpha value is -2.50. The SMILES string of the molecule is Oc1ccc2cnc(Cc3ccccc3C(F)(F)F)n2c1. The lowest BCUT2D eigenvalue weighted by molar-refractivity contribution is -0.138. The highest BCUT2D eigenvalue weighted by molar-refractivity contribution is 5.48. The van der Waals surface area contributed by atoms with Gasteiger partial charge in [-0.05, 0) is 23.8 Å². The second kappa shape index (κ2) is 4.80. The Bertz CT molecular complexity index is 793. The van der Waals surface area contributed by atoms with Gasteiger partial charge in [-0.3, -0.25) is 4.40 Å². The molecule has 0 atom stereocenters. The second-order valence-corrected chi connectivity index (χ2v) is 4.69. The fourth-order valence-corrected chi connectivity index (χ4v) is 2.28. The van der Waals surface area contributed by atoms with Crippen LogP contribution < -0.4 is 0 Å². The highest BCUT2D eigenvalue weighted by atomic mass is 19.4. The Morgan fingerprint density at radius 3 is 2.62 bits per heavy atom. The van der Waals surface area contributed by atoms with Gasteiger partial charge in [-0.15, -0.1) is 0 Å². The molecule has 3 rings (SSSR count). The first-order valence-corrected chi connectivity index (χ1v) is 6.25. The minimum atomic E-state index is -4.40. The summed E-state index contributed by atoms with van der Waals surface area (Å²) in [4.78, 5) is 4.14. The lowest BCUT2D eigenvalue weighted by Crippen LogP contribution is -2.10. The van der Waals surface area contributed by atoms with E-state index < -0.39 is 11.7 Å². The molecule has 0 aliphatic carbocycles. The summed E-state index contributed by atoms with van der Waals surface area (Å²) in [5.74, 6) is 0.475. The van der Waals surface area contributed by atoms with E-state index in [1.807, 2.05) is 0 Å². The third kappa shape index (κ3) is 2.56. The average Bonchev–Trinajstić information content (AvgIpc) is 2.81. The van der Waals surface area contributed by atoms with Crippen LogP contribution in [0.5, 0.6) is 5.75 Å². The van der Waals surface area contributed by atoms with Gasteiger partial charge in [-0.2, -0.15) is 13.2 Å². The Morgan fingerprint density at radius 1 is 1.10 bits per heavy atom. The zero-order valence-electron chi connectivity index (χ0n) is 10.8. The number of imidazole rings is 1. The molecular formula is C15H11F3N2O. The molecule has 0 spiro atoms. The first kappa shape index (κ1) is 13.5. The van der Waals surface area contributed by atoms with Gasteiger partial charge in [0.15, 0.2) is 0 Å². The Labute approximate surface area is 118 Å². The second-order valence-electron chi connectivity index (χ2n) is 4.69. The molecule has 2 aromatic heterocycles. The van der Waals surface area contributed by atoms with Crippen LogP contribution in [-0.2, 0) is 12.6 Å². The van der Waals surface area contributed by atoms with Gasteiger partial charge in [0, 0.05) is 6.42 Å². The van der Waals surface area contributed by atoms with Gasteiger partial charge in [-0.25, -0.2) is 4.98 Å². The number of pyridine rings is 1. The van der Waals surface area contributed by atoms with Crippen LogP contribution in [0.1, 0.15) is 17.0 Å². The van der Waals surface area contributed by atoms with Crippen LogP contribution >= 0.6 is 0 Å². The number of rotatable bonds is 2. The number of nitrogens with zero attached hydrogens (tertiary/aromatic N) is 2. The first-order valence-electron chi connectivity index (χ1n) is 6.25. The maximum Gasteiger partial charge on any atom is 0.416 e. The average molecular weight is 292 g/mol. The smallest absolute Gasteiger partial charge is 0.416 e. The number of aromatic nitrogens is 2. The number of hydrogen-bond acceptors (Lipinski definition) is 2. The molecule has 1 N–H and O–H groups in total. The van der Waals surface area contributed by atoms with Crippen LogP contribution in [0.2, 0.25) is 0 Å². The molecule has 0 aliphatic heterocycles. The monoisotopic (exact) mass is 292 g/mol. The molecule has 0 bridgehead atoms. The molecule has 0 aliphatic rings. The fourth-order valence-electron chi connectivity index (χ4n) is 2.28. The molecule has 3 nitrogen and oxygen atoms in total. The van der Waals surface area contributed by atoms with E-state index >= 15 is 0 Å². The normalized spacial score (nSPS) is 12.0. The predicted molar refractivity (Wildman–Crippen MR) is 71.1 cm³/mol. The third-order valence-electron chi connectivity index (χ3n) is 3.26. The van der Waals surface area contributed by atoms with Gasteiger partial charge >= 0.3 is 6.18 Å². The maximum atomic E-state index is 13.0. The summed E-state index contributed by atoms with van der Waals surface area (Å²) in [6.07, 6.45) is -1.36. The molecule has 0 saturated heterocycles. The standard InChI is InChI=1S/C15H11F3N2O/c16-15(17,18)13-4-2-1-3-10(13)7-14-19-8-11-5-6-12(21)9-20(11)14/h1-6,8-9,21H,7H2. The van der Waals surface area contributed by atoms with Crippen molar-refractivity contribution in [2.45, 2.75) is 12.6 Å². The topological polar surface area (TPSA) is 37.5 Å². The Balaban J connectivity index is 2.05. The van der Waals surface area contributed by atoms with Crippen molar-refractivity contribution in [3.05, 3.63) is 65.7 Å². The Morgan fingerprint density at radius 2 is 1.86 bits per heavy atom.